The molecule has 0 bridgehead atoms. The number of anilines is 1. The summed E-state index contributed by atoms with van der Waals surface area (Å²) in [4.78, 5) is 4.45. The van der Waals surface area contributed by atoms with Gasteiger partial charge in [0.1, 0.15) is 0 Å². The Labute approximate surface area is 115 Å². The zero-order valence-corrected chi connectivity index (χ0v) is 10.7. The third-order valence-corrected chi connectivity index (χ3v) is 3.08. The zero-order chi connectivity index (χ0) is 13.2. The van der Waals surface area contributed by atoms with Crippen LogP contribution >= 0.6 is 11.6 Å². The highest BCUT2D eigenvalue weighted by atomic mass is 35.5. The summed E-state index contributed by atoms with van der Waals surface area (Å²) >= 11 is 6.15. The summed E-state index contributed by atoms with van der Waals surface area (Å²) in [6.45, 7) is 0. The molecule has 5 heteroatoms. The number of H-pyrrole nitrogens is 1. The van der Waals surface area contributed by atoms with E-state index in [4.69, 9.17) is 17.3 Å². The van der Waals surface area contributed by atoms with Crippen molar-refractivity contribution in [3.8, 4) is 22.8 Å². The molecular formula is C14H11ClN4. The van der Waals surface area contributed by atoms with E-state index < -0.39 is 0 Å². The summed E-state index contributed by atoms with van der Waals surface area (Å²) in [6, 6.07) is 15.1. The quantitative estimate of drug-likeness (QED) is 0.702. The van der Waals surface area contributed by atoms with Gasteiger partial charge in [-0.25, -0.2) is 4.98 Å². The van der Waals surface area contributed by atoms with E-state index in [1.807, 2.05) is 36.4 Å². The summed E-state index contributed by atoms with van der Waals surface area (Å²) in [6.07, 6.45) is 0. The predicted octanol–water partition coefficient (Wildman–Crippen LogP) is 3.37. The van der Waals surface area contributed by atoms with Crippen LogP contribution in [0.1, 0.15) is 0 Å². The topological polar surface area (TPSA) is 67.6 Å². The van der Waals surface area contributed by atoms with E-state index in [1.165, 1.54) is 0 Å². The molecule has 3 aromatic rings. The Hall–Kier alpha value is -2.33. The molecule has 1 heterocycles. The number of nitrogens with one attached hydrogen (secondary N) is 1. The SMILES string of the molecule is Nc1ccc(-c2nc(-c3ccccc3)n[nH]2)c(Cl)c1. The van der Waals surface area contributed by atoms with Crippen molar-refractivity contribution in [2.24, 2.45) is 0 Å². The molecule has 0 unspecified atom stereocenters. The van der Waals surface area contributed by atoms with Gasteiger partial charge in [-0.3, -0.25) is 5.10 Å². The van der Waals surface area contributed by atoms with Gasteiger partial charge in [0.2, 0.25) is 0 Å². The summed E-state index contributed by atoms with van der Waals surface area (Å²) in [5.74, 6) is 1.27. The van der Waals surface area contributed by atoms with Gasteiger partial charge in [-0.05, 0) is 18.2 Å². The van der Waals surface area contributed by atoms with Gasteiger partial charge in [-0.15, -0.1) is 0 Å². The minimum Gasteiger partial charge on any atom is -0.399 e. The van der Waals surface area contributed by atoms with Crippen LogP contribution in [0.4, 0.5) is 5.69 Å². The van der Waals surface area contributed by atoms with Crippen LogP contribution in [0.25, 0.3) is 22.8 Å². The third kappa shape index (κ3) is 2.30. The van der Waals surface area contributed by atoms with Crippen LogP contribution in [0.3, 0.4) is 0 Å². The molecule has 0 saturated heterocycles. The second-order valence-electron chi connectivity index (χ2n) is 4.11. The van der Waals surface area contributed by atoms with Crippen molar-refractivity contribution in [3.05, 3.63) is 53.6 Å². The monoisotopic (exact) mass is 270 g/mol. The van der Waals surface area contributed by atoms with E-state index in [2.05, 4.69) is 15.2 Å². The molecule has 94 valence electrons. The third-order valence-electron chi connectivity index (χ3n) is 2.77. The van der Waals surface area contributed by atoms with Crippen LogP contribution in [0.2, 0.25) is 5.02 Å². The lowest BCUT2D eigenvalue weighted by atomic mass is 10.2. The molecule has 0 amide bonds. The minimum absolute atomic E-state index is 0.552. The fraction of sp³-hybridized carbons (Fsp3) is 0. The molecule has 2 aromatic carbocycles. The lowest BCUT2D eigenvalue weighted by Gasteiger charge is -2.00. The maximum atomic E-state index is 6.15. The van der Waals surface area contributed by atoms with Crippen molar-refractivity contribution in [2.45, 2.75) is 0 Å². The first-order valence-corrected chi connectivity index (χ1v) is 6.15. The number of hydrogen-bond donors (Lipinski definition) is 2. The molecule has 0 aliphatic carbocycles. The molecule has 0 spiro atoms. The average Bonchev–Trinajstić information content (AvgIpc) is 2.89. The van der Waals surface area contributed by atoms with Crippen molar-refractivity contribution in [1.82, 2.24) is 15.2 Å². The molecule has 0 saturated carbocycles. The number of nitrogen functional groups attached to an aromatic ring is 1. The average molecular weight is 271 g/mol. The van der Waals surface area contributed by atoms with E-state index in [0.29, 0.717) is 22.4 Å². The molecule has 3 rings (SSSR count). The number of nitrogens with two attached hydrogens (primary N) is 1. The molecule has 4 nitrogen and oxygen atoms in total. The first-order chi connectivity index (χ1) is 9.24. The van der Waals surface area contributed by atoms with Crippen LogP contribution in [0, 0.1) is 0 Å². The first-order valence-electron chi connectivity index (χ1n) is 5.77. The smallest absolute Gasteiger partial charge is 0.181 e. The highest BCUT2D eigenvalue weighted by Crippen LogP contribution is 2.28. The van der Waals surface area contributed by atoms with Crippen LogP contribution in [0.15, 0.2) is 48.5 Å². The molecule has 0 fully saturated rings. The minimum atomic E-state index is 0.552. The molecule has 0 atom stereocenters. The fourth-order valence-corrected chi connectivity index (χ4v) is 2.10. The van der Waals surface area contributed by atoms with Crippen LogP contribution < -0.4 is 5.73 Å². The summed E-state index contributed by atoms with van der Waals surface area (Å²) in [5.41, 5.74) is 8.03. The van der Waals surface area contributed by atoms with Gasteiger partial charge < -0.3 is 5.73 Å². The van der Waals surface area contributed by atoms with E-state index in [0.717, 1.165) is 11.1 Å². The Kier molecular flexibility index (Phi) is 2.93. The Morgan fingerprint density at radius 2 is 1.84 bits per heavy atom. The van der Waals surface area contributed by atoms with Gasteiger partial charge in [0, 0.05) is 16.8 Å². The Balaban J connectivity index is 2.02. The molecule has 0 aliphatic heterocycles. The molecule has 19 heavy (non-hydrogen) atoms. The Morgan fingerprint density at radius 1 is 1.05 bits per heavy atom. The highest BCUT2D eigenvalue weighted by molar-refractivity contribution is 6.33. The Morgan fingerprint density at radius 3 is 2.58 bits per heavy atom. The second-order valence-corrected chi connectivity index (χ2v) is 4.52. The van der Waals surface area contributed by atoms with Gasteiger partial charge in [-0.1, -0.05) is 41.9 Å². The lowest BCUT2D eigenvalue weighted by molar-refractivity contribution is 1.10. The van der Waals surface area contributed by atoms with Crippen LogP contribution in [0.5, 0.6) is 0 Å². The number of halogens is 1. The maximum Gasteiger partial charge on any atom is 0.181 e. The molecule has 0 radical (unpaired) electrons. The maximum absolute atomic E-state index is 6.15. The van der Waals surface area contributed by atoms with E-state index in [-0.39, 0.29) is 0 Å². The molecular weight excluding hydrogens is 260 g/mol. The predicted molar refractivity (Wildman–Crippen MR) is 76.7 cm³/mol. The number of nitrogens with zero attached hydrogens (tertiary/aromatic N) is 2. The van der Waals surface area contributed by atoms with Crippen LogP contribution in [-0.2, 0) is 0 Å². The van der Waals surface area contributed by atoms with Gasteiger partial charge in [-0.2, -0.15) is 5.10 Å². The van der Waals surface area contributed by atoms with Crippen LogP contribution in [-0.4, -0.2) is 15.2 Å². The van der Waals surface area contributed by atoms with Gasteiger partial charge in [0.05, 0.1) is 5.02 Å². The molecule has 0 aliphatic rings. The van der Waals surface area contributed by atoms with E-state index >= 15 is 0 Å². The molecule has 3 N–H and O–H groups in total. The van der Waals surface area contributed by atoms with Crippen molar-refractivity contribution in [3.63, 3.8) is 0 Å². The highest BCUT2D eigenvalue weighted by Gasteiger charge is 2.10. The fourth-order valence-electron chi connectivity index (χ4n) is 1.82. The normalized spacial score (nSPS) is 10.6. The number of rotatable bonds is 2. The number of aromatic nitrogens is 3. The Bertz CT molecular complexity index is 706. The number of benzene rings is 2. The number of aromatic amines is 1. The van der Waals surface area contributed by atoms with Crippen molar-refractivity contribution >= 4 is 17.3 Å². The number of hydrogen-bond acceptors (Lipinski definition) is 3. The first kappa shape index (κ1) is 11.7. The summed E-state index contributed by atoms with van der Waals surface area (Å²) in [5, 5.41) is 7.65. The van der Waals surface area contributed by atoms with Gasteiger partial charge in [0.25, 0.3) is 0 Å². The summed E-state index contributed by atoms with van der Waals surface area (Å²) in [7, 11) is 0. The standard InChI is InChI=1S/C14H11ClN4/c15-12-8-10(16)6-7-11(12)14-17-13(18-19-14)9-4-2-1-3-5-9/h1-8H,16H2,(H,17,18,19). The van der Waals surface area contributed by atoms with Crippen molar-refractivity contribution in [2.75, 3.05) is 5.73 Å². The van der Waals surface area contributed by atoms with Crippen molar-refractivity contribution < 1.29 is 0 Å². The summed E-state index contributed by atoms with van der Waals surface area (Å²) < 4.78 is 0. The zero-order valence-electron chi connectivity index (χ0n) is 9.97. The van der Waals surface area contributed by atoms with E-state index in [1.54, 1.807) is 12.1 Å². The van der Waals surface area contributed by atoms with Gasteiger partial charge in [0.15, 0.2) is 11.6 Å². The second kappa shape index (κ2) is 4.74. The van der Waals surface area contributed by atoms with Crippen molar-refractivity contribution in [1.29, 1.82) is 0 Å². The lowest BCUT2D eigenvalue weighted by Crippen LogP contribution is -1.87. The molecule has 1 aromatic heterocycles. The largest absolute Gasteiger partial charge is 0.399 e. The van der Waals surface area contributed by atoms with Gasteiger partial charge >= 0.3 is 0 Å². The van der Waals surface area contributed by atoms with E-state index in [9.17, 15) is 0 Å².